The molecule has 3 amide bonds. The fourth-order valence-corrected chi connectivity index (χ4v) is 3.95. The van der Waals surface area contributed by atoms with Crippen LogP contribution in [-0.4, -0.2) is 59.7 Å². The van der Waals surface area contributed by atoms with Crippen molar-refractivity contribution in [2.24, 2.45) is 0 Å². The molecule has 0 spiro atoms. The smallest absolute Gasteiger partial charge is 0.245 e. The highest BCUT2D eigenvalue weighted by Gasteiger charge is 2.33. The molecule has 6 heteroatoms. The molecule has 1 atom stereocenters. The number of carbonyl (C=O) groups excluding carboxylic acids is 3. The molecule has 1 aromatic carbocycles. The average molecular weight is 357 g/mol. The van der Waals surface area contributed by atoms with E-state index in [9.17, 15) is 14.4 Å². The highest BCUT2D eigenvalue weighted by atomic mass is 16.2. The molecule has 2 fully saturated rings. The van der Waals surface area contributed by atoms with Gasteiger partial charge >= 0.3 is 0 Å². The number of nitrogens with zero attached hydrogens (tertiary/aromatic N) is 2. The van der Waals surface area contributed by atoms with Gasteiger partial charge in [-0.15, -0.1) is 0 Å². The summed E-state index contributed by atoms with van der Waals surface area (Å²) in [6.07, 6.45) is 1.40. The quantitative estimate of drug-likeness (QED) is 0.881. The van der Waals surface area contributed by atoms with Crippen LogP contribution in [-0.2, 0) is 20.8 Å². The highest BCUT2D eigenvalue weighted by Crippen LogP contribution is 2.18. The van der Waals surface area contributed by atoms with Gasteiger partial charge in [-0.25, -0.2) is 0 Å². The summed E-state index contributed by atoms with van der Waals surface area (Å²) in [6, 6.07) is 3.84. The van der Waals surface area contributed by atoms with Gasteiger partial charge in [0.2, 0.25) is 17.7 Å². The van der Waals surface area contributed by atoms with Crippen molar-refractivity contribution in [2.45, 2.75) is 46.1 Å². The maximum Gasteiger partial charge on any atom is 0.245 e. The fraction of sp³-hybridized carbons (Fsp3) is 0.550. The highest BCUT2D eigenvalue weighted by molar-refractivity contribution is 5.91. The summed E-state index contributed by atoms with van der Waals surface area (Å²) in [7, 11) is 0. The third-order valence-electron chi connectivity index (χ3n) is 5.41. The van der Waals surface area contributed by atoms with Crippen LogP contribution in [0.2, 0.25) is 0 Å². The van der Waals surface area contributed by atoms with E-state index in [4.69, 9.17) is 0 Å². The van der Waals surface area contributed by atoms with Gasteiger partial charge in [-0.3, -0.25) is 14.4 Å². The second-order valence-electron chi connectivity index (χ2n) is 7.42. The first-order valence-electron chi connectivity index (χ1n) is 9.28. The van der Waals surface area contributed by atoms with Gasteiger partial charge in [-0.05, 0) is 43.9 Å². The van der Waals surface area contributed by atoms with E-state index in [-0.39, 0.29) is 23.8 Å². The lowest BCUT2D eigenvalue weighted by atomic mass is 9.97. The van der Waals surface area contributed by atoms with Gasteiger partial charge in [0.25, 0.3) is 0 Å². The van der Waals surface area contributed by atoms with Gasteiger partial charge in [0.15, 0.2) is 0 Å². The summed E-state index contributed by atoms with van der Waals surface area (Å²) in [5.74, 6) is 0.0375. The Bertz CT molecular complexity index is 713. The molecule has 0 radical (unpaired) electrons. The molecule has 0 aromatic heterocycles. The SMILES string of the molecule is Cc1cc(C)c(CC(=O)N2CCN(C(=O)C3CCC(=O)N3)CC2)c(C)c1. The summed E-state index contributed by atoms with van der Waals surface area (Å²) in [5, 5.41) is 2.72. The van der Waals surface area contributed by atoms with E-state index in [2.05, 4.69) is 38.2 Å². The van der Waals surface area contributed by atoms with E-state index < -0.39 is 0 Å². The lowest BCUT2D eigenvalue weighted by molar-refractivity contribution is -0.140. The molecule has 0 bridgehead atoms. The van der Waals surface area contributed by atoms with E-state index >= 15 is 0 Å². The summed E-state index contributed by atoms with van der Waals surface area (Å²) in [6.45, 7) is 8.33. The van der Waals surface area contributed by atoms with Crippen molar-refractivity contribution in [3.63, 3.8) is 0 Å². The molecule has 1 unspecified atom stereocenters. The first kappa shape index (κ1) is 18.4. The van der Waals surface area contributed by atoms with Crippen LogP contribution in [0.5, 0.6) is 0 Å². The van der Waals surface area contributed by atoms with E-state index in [1.807, 2.05) is 4.90 Å². The van der Waals surface area contributed by atoms with Crippen molar-refractivity contribution in [3.05, 3.63) is 34.4 Å². The Morgan fingerprint density at radius 3 is 2.15 bits per heavy atom. The molecule has 6 nitrogen and oxygen atoms in total. The number of nitrogens with one attached hydrogen (secondary N) is 1. The third kappa shape index (κ3) is 3.89. The molecule has 2 aliphatic heterocycles. The average Bonchev–Trinajstić information content (AvgIpc) is 3.04. The summed E-state index contributed by atoms with van der Waals surface area (Å²) >= 11 is 0. The van der Waals surface area contributed by atoms with Crippen LogP contribution in [0.1, 0.15) is 35.1 Å². The maximum atomic E-state index is 12.7. The Morgan fingerprint density at radius 2 is 1.62 bits per heavy atom. The van der Waals surface area contributed by atoms with Crippen molar-refractivity contribution in [2.75, 3.05) is 26.2 Å². The molecule has 26 heavy (non-hydrogen) atoms. The van der Waals surface area contributed by atoms with Crippen LogP contribution in [0.25, 0.3) is 0 Å². The molecule has 140 valence electrons. The van der Waals surface area contributed by atoms with Gasteiger partial charge in [-0.2, -0.15) is 0 Å². The summed E-state index contributed by atoms with van der Waals surface area (Å²) in [5.41, 5.74) is 4.62. The molecular weight excluding hydrogens is 330 g/mol. The minimum Gasteiger partial charge on any atom is -0.344 e. The van der Waals surface area contributed by atoms with Crippen LogP contribution in [0, 0.1) is 20.8 Å². The van der Waals surface area contributed by atoms with Crippen molar-refractivity contribution in [1.29, 1.82) is 0 Å². The molecular formula is C20H27N3O3. The van der Waals surface area contributed by atoms with Crippen LogP contribution in [0.4, 0.5) is 0 Å². The van der Waals surface area contributed by atoms with Gasteiger partial charge < -0.3 is 15.1 Å². The van der Waals surface area contributed by atoms with Crippen LogP contribution in [0.15, 0.2) is 12.1 Å². The van der Waals surface area contributed by atoms with E-state index in [0.29, 0.717) is 45.4 Å². The summed E-state index contributed by atoms with van der Waals surface area (Å²) < 4.78 is 0. The van der Waals surface area contributed by atoms with Crippen molar-refractivity contribution in [1.82, 2.24) is 15.1 Å². The fourth-order valence-electron chi connectivity index (χ4n) is 3.95. The number of hydrogen-bond donors (Lipinski definition) is 1. The number of carbonyl (C=O) groups is 3. The normalized spacial score (nSPS) is 20.3. The number of hydrogen-bond acceptors (Lipinski definition) is 3. The number of benzene rings is 1. The lowest BCUT2D eigenvalue weighted by Gasteiger charge is -2.36. The largest absolute Gasteiger partial charge is 0.344 e. The predicted molar refractivity (Wildman–Crippen MR) is 98.7 cm³/mol. The van der Waals surface area contributed by atoms with Crippen LogP contribution >= 0.6 is 0 Å². The van der Waals surface area contributed by atoms with E-state index in [0.717, 1.165) is 16.7 Å². The van der Waals surface area contributed by atoms with Crippen molar-refractivity contribution in [3.8, 4) is 0 Å². The number of piperazine rings is 1. The first-order valence-corrected chi connectivity index (χ1v) is 9.28. The molecule has 2 heterocycles. The minimum atomic E-state index is -0.386. The van der Waals surface area contributed by atoms with Crippen LogP contribution < -0.4 is 5.32 Å². The molecule has 3 rings (SSSR count). The second-order valence-corrected chi connectivity index (χ2v) is 7.42. The topological polar surface area (TPSA) is 69.7 Å². The zero-order chi connectivity index (χ0) is 18.8. The lowest BCUT2D eigenvalue weighted by Crippen LogP contribution is -2.54. The Balaban J connectivity index is 1.55. The van der Waals surface area contributed by atoms with Crippen molar-refractivity contribution < 1.29 is 14.4 Å². The van der Waals surface area contributed by atoms with Gasteiger partial charge in [0.05, 0.1) is 6.42 Å². The Labute approximate surface area is 154 Å². The molecule has 2 aliphatic rings. The molecule has 1 N–H and O–H groups in total. The zero-order valence-electron chi connectivity index (χ0n) is 15.8. The Kier molecular flexibility index (Phi) is 5.30. The predicted octanol–water partition coefficient (Wildman–Crippen LogP) is 1.10. The second kappa shape index (κ2) is 7.48. The molecule has 1 aromatic rings. The van der Waals surface area contributed by atoms with E-state index in [1.54, 1.807) is 4.90 Å². The monoisotopic (exact) mass is 357 g/mol. The van der Waals surface area contributed by atoms with Crippen LogP contribution in [0.3, 0.4) is 0 Å². The summed E-state index contributed by atoms with van der Waals surface area (Å²) in [4.78, 5) is 40.0. The zero-order valence-corrected chi connectivity index (χ0v) is 15.8. The van der Waals surface area contributed by atoms with Gasteiger partial charge in [0, 0.05) is 32.6 Å². The minimum absolute atomic E-state index is 0.0202. The first-order chi connectivity index (χ1) is 12.3. The molecule has 0 aliphatic carbocycles. The molecule has 2 saturated heterocycles. The van der Waals surface area contributed by atoms with E-state index in [1.165, 1.54) is 5.56 Å². The van der Waals surface area contributed by atoms with Gasteiger partial charge in [-0.1, -0.05) is 17.7 Å². The number of amides is 3. The Morgan fingerprint density at radius 1 is 1.04 bits per heavy atom. The van der Waals surface area contributed by atoms with Crippen molar-refractivity contribution >= 4 is 17.7 Å². The number of aryl methyl sites for hydroxylation is 3. The van der Waals surface area contributed by atoms with Gasteiger partial charge in [0.1, 0.15) is 6.04 Å². The standard InChI is InChI=1S/C20H27N3O3/c1-13-10-14(2)16(15(3)11-13)12-19(25)22-6-8-23(9-7-22)20(26)17-4-5-18(24)21-17/h10-11,17H,4-9,12H2,1-3H3,(H,21,24). The third-order valence-corrected chi connectivity index (χ3v) is 5.41. The molecule has 0 saturated carbocycles. The maximum absolute atomic E-state index is 12.7. The Hall–Kier alpha value is -2.37. The number of rotatable bonds is 3.